The van der Waals surface area contributed by atoms with E-state index in [-0.39, 0.29) is 11.9 Å². The van der Waals surface area contributed by atoms with Crippen molar-refractivity contribution in [3.63, 3.8) is 0 Å². The third-order valence-electron chi connectivity index (χ3n) is 2.12. The van der Waals surface area contributed by atoms with Gasteiger partial charge in [-0.3, -0.25) is 4.79 Å². The van der Waals surface area contributed by atoms with Gasteiger partial charge in [-0.1, -0.05) is 6.08 Å². The zero-order valence-electron chi connectivity index (χ0n) is 7.42. The minimum atomic E-state index is -0.307. The molecule has 1 heterocycles. The number of hydrogen-bond donors (Lipinski definition) is 3. The molecule has 0 unspecified atom stereocenters. The largest absolute Gasteiger partial charge is 0.368 e. The van der Waals surface area contributed by atoms with Crippen LogP contribution in [0.5, 0.6) is 0 Å². The second-order valence-corrected chi connectivity index (χ2v) is 3.05. The third kappa shape index (κ3) is 1.84. The molecule has 4 N–H and O–H groups in total. The van der Waals surface area contributed by atoms with Crippen molar-refractivity contribution in [2.24, 2.45) is 5.73 Å². The lowest BCUT2D eigenvalue weighted by molar-refractivity contribution is -0.119. The predicted molar refractivity (Wildman–Crippen MR) is 47.6 cm³/mol. The quantitative estimate of drug-likeness (QED) is 0.463. The molecule has 0 spiro atoms. The first-order chi connectivity index (χ1) is 5.65. The van der Waals surface area contributed by atoms with Gasteiger partial charge in [-0.05, 0) is 19.5 Å². The van der Waals surface area contributed by atoms with Gasteiger partial charge in [-0.25, -0.2) is 0 Å². The molecule has 0 aromatic heterocycles. The van der Waals surface area contributed by atoms with Gasteiger partial charge in [0.05, 0.1) is 0 Å². The van der Waals surface area contributed by atoms with E-state index in [2.05, 4.69) is 10.6 Å². The average molecular weight is 169 g/mol. The molecule has 0 fully saturated rings. The molecular weight excluding hydrogens is 154 g/mol. The van der Waals surface area contributed by atoms with Gasteiger partial charge < -0.3 is 16.4 Å². The molecule has 0 saturated carbocycles. The van der Waals surface area contributed by atoms with E-state index in [4.69, 9.17) is 5.73 Å². The molecule has 0 aromatic rings. The molecule has 0 bridgehead atoms. The van der Waals surface area contributed by atoms with Crippen molar-refractivity contribution in [2.75, 3.05) is 13.6 Å². The molecule has 1 amide bonds. The second kappa shape index (κ2) is 3.69. The number of likely N-dealkylation sites (N-methyl/N-ethyl adjacent to an activating group) is 1. The second-order valence-electron chi connectivity index (χ2n) is 3.05. The van der Waals surface area contributed by atoms with Crippen LogP contribution in [0.25, 0.3) is 0 Å². The summed E-state index contributed by atoms with van der Waals surface area (Å²) in [6.07, 6.45) is 2.03. The summed E-state index contributed by atoms with van der Waals surface area (Å²) in [5.74, 6) is -0.307. The van der Waals surface area contributed by atoms with E-state index in [0.717, 1.165) is 12.1 Å². The summed E-state index contributed by atoms with van der Waals surface area (Å²) in [7, 11) is 1.89. The van der Waals surface area contributed by atoms with Crippen LogP contribution in [0.15, 0.2) is 11.6 Å². The molecule has 4 heteroatoms. The van der Waals surface area contributed by atoms with Gasteiger partial charge in [0.2, 0.25) is 5.91 Å². The average Bonchev–Trinajstić information content (AvgIpc) is 2.03. The van der Waals surface area contributed by atoms with Gasteiger partial charge in [-0.15, -0.1) is 0 Å². The van der Waals surface area contributed by atoms with Crippen molar-refractivity contribution in [3.8, 4) is 0 Å². The van der Waals surface area contributed by atoms with Crippen LogP contribution >= 0.6 is 0 Å². The minimum Gasteiger partial charge on any atom is -0.368 e. The van der Waals surface area contributed by atoms with Crippen molar-refractivity contribution in [3.05, 3.63) is 11.6 Å². The maximum atomic E-state index is 10.9. The number of amides is 1. The highest BCUT2D eigenvalue weighted by molar-refractivity contribution is 5.83. The summed E-state index contributed by atoms with van der Waals surface area (Å²) < 4.78 is 0. The van der Waals surface area contributed by atoms with Crippen molar-refractivity contribution < 1.29 is 4.79 Å². The lowest BCUT2D eigenvalue weighted by Crippen LogP contribution is -2.50. The molecule has 0 radical (unpaired) electrons. The molecule has 12 heavy (non-hydrogen) atoms. The van der Waals surface area contributed by atoms with E-state index < -0.39 is 0 Å². The number of nitrogens with two attached hydrogens (primary N) is 1. The summed E-state index contributed by atoms with van der Waals surface area (Å²) in [6.45, 7) is 2.66. The van der Waals surface area contributed by atoms with Crippen LogP contribution in [0.2, 0.25) is 0 Å². The van der Waals surface area contributed by atoms with Crippen molar-refractivity contribution in [1.82, 2.24) is 10.6 Å². The van der Waals surface area contributed by atoms with Gasteiger partial charge >= 0.3 is 0 Å². The Hall–Kier alpha value is -0.870. The van der Waals surface area contributed by atoms with Gasteiger partial charge in [0.1, 0.15) is 6.04 Å². The predicted octanol–water partition coefficient (Wildman–Crippen LogP) is -1.02. The molecule has 1 rings (SSSR count). The number of nitrogens with one attached hydrogen (secondary N) is 2. The number of primary amides is 1. The van der Waals surface area contributed by atoms with E-state index in [1.807, 2.05) is 20.0 Å². The fraction of sp³-hybridized carbons (Fsp3) is 0.625. The van der Waals surface area contributed by atoms with Crippen LogP contribution in [0.3, 0.4) is 0 Å². The molecule has 2 atom stereocenters. The summed E-state index contributed by atoms with van der Waals surface area (Å²) in [5.41, 5.74) is 6.18. The molecule has 4 nitrogen and oxygen atoms in total. The number of carbonyl (C=O) groups is 1. The van der Waals surface area contributed by atoms with Crippen molar-refractivity contribution >= 4 is 5.91 Å². The van der Waals surface area contributed by atoms with Gasteiger partial charge in [0.15, 0.2) is 0 Å². The van der Waals surface area contributed by atoms with Crippen LogP contribution in [0, 0.1) is 0 Å². The van der Waals surface area contributed by atoms with Gasteiger partial charge in [0.25, 0.3) is 0 Å². The molecule has 1 aliphatic rings. The maximum absolute atomic E-state index is 10.9. The summed E-state index contributed by atoms with van der Waals surface area (Å²) in [4.78, 5) is 10.9. The molecule has 0 saturated heterocycles. The molecule has 68 valence electrons. The van der Waals surface area contributed by atoms with Crippen LogP contribution in [-0.4, -0.2) is 31.6 Å². The number of carbonyl (C=O) groups excluding carboxylic acids is 1. The first-order valence-corrected chi connectivity index (χ1v) is 4.03. The zero-order valence-corrected chi connectivity index (χ0v) is 7.42. The van der Waals surface area contributed by atoms with Crippen LogP contribution in [0.4, 0.5) is 0 Å². The highest BCUT2D eigenvalue weighted by Gasteiger charge is 2.22. The summed E-state index contributed by atoms with van der Waals surface area (Å²) >= 11 is 0. The Bertz CT molecular complexity index is 212. The Morgan fingerprint density at radius 3 is 2.92 bits per heavy atom. The minimum absolute atomic E-state index is 0.283. The maximum Gasteiger partial charge on any atom is 0.238 e. The standard InChI is InChI=1S/C8H15N3O/c1-5-3-6(10-2)4-11-7(5)8(9)12/h3,6-7,10-11H,4H2,1-2H3,(H2,9,12)/t6-,7+/m1/s1. The molecule has 0 aliphatic carbocycles. The lowest BCUT2D eigenvalue weighted by Gasteiger charge is -2.26. The van der Waals surface area contributed by atoms with E-state index in [1.165, 1.54) is 0 Å². The molecule has 1 aliphatic heterocycles. The SMILES string of the molecule is CN[C@@H]1C=C(C)[C@@H](C(N)=O)NC1. The van der Waals surface area contributed by atoms with Gasteiger partial charge in [0, 0.05) is 12.6 Å². The van der Waals surface area contributed by atoms with Crippen molar-refractivity contribution in [1.29, 1.82) is 0 Å². The lowest BCUT2D eigenvalue weighted by atomic mass is 10.0. The van der Waals surface area contributed by atoms with Gasteiger partial charge in [-0.2, -0.15) is 0 Å². The monoisotopic (exact) mass is 169 g/mol. The highest BCUT2D eigenvalue weighted by atomic mass is 16.1. The van der Waals surface area contributed by atoms with E-state index in [9.17, 15) is 4.79 Å². The fourth-order valence-corrected chi connectivity index (χ4v) is 1.39. The van der Waals surface area contributed by atoms with Crippen LogP contribution < -0.4 is 16.4 Å². The number of hydrogen-bond acceptors (Lipinski definition) is 3. The summed E-state index contributed by atoms with van der Waals surface area (Å²) in [5, 5.41) is 6.17. The third-order valence-corrected chi connectivity index (χ3v) is 2.12. The van der Waals surface area contributed by atoms with E-state index in [0.29, 0.717) is 6.04 Å². The van der Waals surface area contributed by atoms with Crippen LogP contribution in [-0.2, 0) is 4.79 Å². The molecule has 0 aromatic carbocycles. The topological polar surface area (TPSA) is 67.1 Å². The normalized spacial score (nSPS) is 29.7. The van der Waals surface area contributed by atoms with Crippen LogP contribution in [0.1, 0.15) is 6.92 Å². The van der Waals surface area contributed by atoms with E-state index >= 15 is 0 Å². The Morgan fingerprint density at radius 1 is 1.83 bits per heavy atom. The van der Waals surface area contributed by atoms with E-state index in [1.54, 1.807) is 0 Å². The Balaban J connectivity index is 2.68. The Labute approximate surface area is 72.2 Å². The smallest absolute Gasteiger partial charge is 0.238 e. The summed E-state index contributed by atoms with van der Waals surface area (Å²) in [6, 6.07) is 0.0233. The zero-order chi connectivity index (χ0) is 9.14. The fourth-order valence-electron chi connectivity index (χ4n) is 1.39. The Kier molecular flexibility index (Phi) is 2.83. The first kappa shape index (κ1) is 9.22. The Morgan fingerprint density at radius 2 is 2.50 bits per heavy atom. The number of rotatable bonds is 2. The first-order valence-electron chi connectivity index (χ1n) is 4.03. The van der Waals surface area contributed by atoms with Crippen molar-refractivity contribution in [2.45, 2.75) is 19.0 Å². The molecular formula is C8H15N3O. The highest BCUT2D eigenvalue weighted by Crippen LogP contribution is 2.07.